The Hall–Kier alpha value is -1.30. The van der Waals surface area contributed by atoms with Crippen LogP contribution < -0.4 is 5.32 Å². The summed E-state index contributed by atoms with van der Waals surface area (Å²) < 4.78 is 51.7. The largest absolute Gasteiger partial charge is 0.335 e. The zero-order chi connectivity index (χ0) is 13.3. The molecule has 0 atom stereocenters. The summed E-state index contributed by atoms with van der Waals surface area (Å²) in [5.74, 6) is -8.43. The van der Waals surface area contributed by atoms with Crippen LogP contribution in [0.3, 0.4) is 0 Å². The Bertz CT molecular complexity index is 413. The Kier molecular flexibility index (Phi) is 3.66. The Balaban J connectivity index is 2.99. The number of rotatable bonds is 3. The van der Waals surface area contributed by atoms with Crippen LogP contribution >= 0.6 is 11.6 Å². The molecular formula is C10H8ClF4NO. The van der Waals surface area contributed by atoms with Crippen molar-refractivity contribution in [3.8, 4) is 0 Å². The van der Waals surface area contributed by atoms with E-state index in [0.717, 1.165) is 24.3 Å². The molecule has 2 nitrogen and oxygen atoms in total. The third kappa shape index (κ3) is 3.09. The van der Waals surface area contributed by atoms with Crippen LogP contribution in [0.2, 0.25) is 0 Å². The first-order valence-corrected chi connectivity index (χ1v) is 4.85. The quantitative estimate of drug-likeness (QED) is 0.497. The van der Waals surface area contributed by atoms with Gasteiger partial charge in [0.1, 0.15) is 0 Å². The fourth-order valence-corrected chi connectivity index (χ4v) is 1.24. The van der Waals surface area contributed by atoms with E-state index in [1.807, 2.05) is 0 Å². The highest BCUT2D eigenvalue weighted by atomic mass is 35.5. The molecule has 1 rings (SSSR count). The number of carbonyl (C=O) groups is 1. The topological polar surface area (TPSA) is 29.1 Å². The summed E-state index contributed by atoms with van der Waals surface area (Å²) >= 11 is 5.00. The van der Waals surface area contributed by atoms with E-state index in [1.54, 1.807) is 0 Å². The lowest BCUT2D eigenvalue weighted by Gasteiger charge is -2.23. The molecule has 0 radical (unpaired) electrons. The summed E-state index contributed by atoms with van der Waals surface area (Å²) in [6.07, 6.45) is 0. The van der Waals surface area contributed by atoms with Crippen LogP contribution in [0.4, 0.5) is 28.0 Å². The molecule has 94 valence electrons. The molecule has 1 amide bonds. The van der Waals surface area contributed by atoms with Gasteiger partial charge in [0, 0.05) is 18.2 Å². The highest BCUT2D eigenvalue weighted by Crippen LogP contribution is 2.42. The molecule has 1 N–H and O–H groups in total. The summed E-state index contributed by atoms with van der Waals surface area (Å²) in [6.45, 7) is 0.140. The van der Waals surface area contributed by atoms with Crippen LogP contribution in [-0.2, 0) is 5.92 Å². The summed E-state index contributed by atoms with van der Waals surface area (Å²) in [6, 6.07) is 3.74. The number of hydrogen-bond donors (Lipinski definition) is 1. The van der Waals surface area contributed by atoms with E-state index in [1.165, 1.54) is 0 Å². The molecule has 0 fully saturated rings. The first-order chi connectivity index (χ1) is 7.64. The first kappa shape index (κ1) is 13.8. The van der Waals surface area contributed by atoms with Crippen molar-refractivity contribution in [3.63, 3.8) is 0 Å². The van der Waals surface area contributed by atoms with Crippen LogP contribution in [0, 0.1) is 0 Å². The number of nitrogens with one attached hydrogen (secondary N) is 1. The van der Waals surface area contributed by atoms with E-state index in [2.05, 4.69) is 5.32 Å². The lowest BCUT2D eigenvalue weighted by Crippen LogP contribution is -2.34. The average molecular weight is 270 g/mol. The Morgan fingerprint density at radius 3 is 2.00 bits per heavy atom. The van der Waals surface area contributed by atoms with E-state index < -0.39 is 22.8 Å². The van der Waals surface area contributed by atoms with Gasteiger partial charge in [0.05, 0.1) is 0 Å². The molecular weight excluding hydrogens is 262 g/mol. The van der Waals surface area contributed by atoms with Gasteiger partial charge in [-0.15, -0.1) is 0 Å². The number of benzene rings is 1. The molecule has 17 heavy (non-hydrogen) atoms. The summed E-state index contributed by atoms with van der Waals surface area (Å²) in [4.78, 5) is 10.4. The standard InChI is InChI=1S/C10H8ClF4NO/c1-9(12,13)10(14,15)6-2-4-7(5-3-6)16-8(11)17/h2-5H,1H3,(H,16,17). The second-order valence-electron chi connectivity index (χ2n) is 3.44. The third-order valence-electron chi connectivity index (χ3n) is 2.04. The lowest BCUT2D eigenvalue weighted by atomic mass is 10.0. The first-order valence-electron chi connectivity index (χ1n) is 4.47. The normalized spacial score (nSPS) is 12.4. The number of anilines is 1. The summed E-state index contributed by atoms with van der Waals surface area (Å²) in [7, 11) is 0. The molecule has 0 aromatic heterocycles. The molecule has 0 saturated heterocycles. The van der Waals surface area contributed by atoms with Crippen molar-refractivity contribution in [2.24, 2.45) is 0 Å². The molecule has 1 aromatic rings. The average Bonchev–Trinajstić information content (AvgIpc) is 2.15. The molecule has 0 spiro atoms. The Morgan fingerprint density at radius 2 is 1.65 bits per heavy atom. The molecule has 0 heterocycles. The number of alkyl halides is 4. The minimum absolute atomic E-state index is 0.140. The fraction of sp³-hybridized carbons (Fsp3) is 0.300. The Morgan fingerprint density at radius 1 is 1.18 bits per heavy atom. The van der Waals surface area contributed by atoms with Crippen molar-refractivity contribution in [1.82, 2.24) is 0 Å². The maximum atomic E-state index is 13.2. The second-order valence-corrected chi connectivity index (χ2v) is 3.78. The van der Waals surface area contributed by atoms with E-state index in [0.29, 0.717) is 0 Å². The van der Waals surface area contributed by atoms with Gasteiger partial charge in [-0.1, -0.05) is 12.1 Å². The van der Waals surface area contributed by atoms with Gasteiger partial charge in [-0.05, 0) is 23.7 Å². The minimum atomic E-state index is -4.27. The fourth-order valence-electron chi connectivity index (χ4n) is 1.13. The SMILES string of the molecule is CC(F)(F)C(F)(F)c1ccc(NC(=O)Cl)cc1. The summed E-state index contributed by atoms with van der Waals surface area (Å²) in [5.41, 5.74) is -0.693. The number of carbonyl (C=O) groups excluding carboxylic acids is 1. The maximum absolute atomic E-state index is 13.2. The minimum Gasteiger partial charge on any atom is -0.312 e. The molecule has 0 bridgehead atoms. The smallest absolute Gasteiger partial charge is 0.312 e. The molecule has 7 heteroatoms. The van der Waals surface area contributed by atoms with Gasteiger partial charge in [0.15, 0.2) is 0 Å². The van der Waals surface area contributed by atoms with Gasteiger partial charge in [-0.3, -0.25) is 4.79 Å². The molecule has 0 aliphatic rings. The van der Waals surface area contributed by atoms with Crippen molar-refractivity contribution in [1.29, 1.82) is 0 Å². The number of halogens is 5. The van der Waals surface area contributed by atoms with Crippen molar-refractivity contribution >= 4 is 22.7 Å². The third-order valence-corrected chi connectivity index (χ3v) is 2.14. The predicted molar refractivity (Wildman–Crippen MR) is 55.8 cm³/mol. The van der Waals surface area contributed by atoms with E-state index in [-0.39, 0.29) is 12.6 Å². The number of amides is 1. The Labute approximate surface area is 99.6 Å². The summed E-state index contributed by atoms with van der Waals surface area (Å²) in [5, 5.41) is 1.22. The van der Waals surface area contributed by atoms with E-state index in [4.69, 9.17) is 11.6 Å². The van der Waals surface area contributed by atoms with E-state index >= 15 is 0 Å². The maximum Gasteiger partial charge on any atom is 0.335 e. The van der Waals surface area contributed by atoms with Crippen LogP contribution in [0.15, 0.2) is 24.3 Å². The highest BCUT2D eigenvalue weighted by Gasteiger charge is 2.53. The van der Waals surface area contributed by atoms with Gasteiger partial charge >= 0.3 is 17.2 Å². The zero-order valence-corrected chi connectivity index (χ0v) is 9.36. The van der Waals surface area contributed by atoms with Crippen molar-refractivity contribution in [2.45, 2.75) is 18.8 Å². The second kappa shape index (κ2) is 4.52. The van der Waals surface area contributed by atoms with Crippen molar-refractivity contribution in [3.05, 3.63) is 29.8 Å². The van der Waals surface area contributed by atoms with Gasteiger partial charge in [-0.25, -0.2) is 0 Å². The zero-order valence-electron chi connectivity index (χ0n) is 8.61. The molecule has 0 unspecified atom stereocenters. The molecule has 1 aromatic carbocycles. The highest BCUT2D eigenvalue weighted by molar-refractivity contribution is 6.65. The lowest BCUT2D eigenvalue weighted by molar-refractivity contribution is -0.204. The van der Waals surface area contributed by atoms with Gasteiger partial charge in [0.25, 0.3) is 0 Å². The van der Waals surface area contributed by atoms with Crippen LogP contribution in [0.5, 0.6) is 0 Å². The van der Waals surface area contributed by atoms with E-state index in [9.17, 15) is 22.4 Å². The molecule has 0 saturated carbocycles. The molecule has 0 aliphatic heterocycles. The number of hydrogen-bond acceptors (Lipinski definition) is 1. The van der Waals surface area contributed by atoms with Crippen molar-refractivity contribution < 1.29 is 22.4 Å². The van der Waals surface area contributed by atoms with Crippen LogP contribution in [0.25, 0.3) is 0 Å². The monoisotopic (exact) mass is 269 g/mol. The molecule has 0 aliphatic carbocycles. The van der Waals surface area contributed by atoms with Crippen molar-refractivity contribution in [2.75, 3.05) is 5.32 Å². The van der Waals surface area contributed by atoms with Crippen LogP contribution in [-0.4, -0.2) is 11.3 Å². The predicted octanol–water partition coefficient (Wildman–Crippen LogP) is 4.20. The van der Waals surface area contributed by atoms with Gasteiger partial charge < -0.3 is 5.32 Å². The van der Waals surface area contributed by atoms with Gasteiger partial charge in [0.2, 0.25) is 0 Å². The van der Waals surface area contributed by atoms with Gasteiger partial charge in [-0.2, -0.15) is 17.6 Å². The van der Waals surface area contributed by atoms with Crippen LogP contribution in [0.1, 0.15) is 12.5 Å².